The van der Waals surface area contributed by atoms with E-state index in [0.717, 1.165) is 11.8 Å². The van der Waals surface area contributed by atoms with E-state index < -0.39 is 20.3 Å². The maximum Gasteiger partial charge on any atom is 0.446 e. The minimum absolute atomic E-state index is 0.000370. The van der Waals surface area contributed by atoms with E-state index in [0.29, 0.717) is 5.69 Å². The van der Waals surface area contributed by atoms with Crippen LogP contribution < -0.4 is 5.32 Å². The van der Waals surface area contributed by atoms with E-state index in [-0.39, 0.29) is 27.5 Å². The monoisotopic (exact) mass is 426 g/mol. The molecule has 2 aromatic rings. The predicted octanol–water partition coefficient (Wildman–Crippen LogP) is 5.67. The van der Waals surface area contributed by atoms with Crippen LogP contribution in [0, 0.1) is 11.3 Å². The Morgan fingerprint density at radius 1 is 1.11 bits per heavy atom. The molecule has 9 heteroatoms. The molecule has 0 amide bonds. The number of hydrogen-bond donors (Lipinski definition) is 1. The third-order valence-electron chi connectivity index (χ3n) is 3.71. The fraction of sp³-hybridized carbons (Fsp3) is 0.211. The van der Waals surface area contributed by atoms with Crippen LogP contribution in [0.3, 0.4) is 0 Å². The third-order valence-corrected chi connectivity index (χ3v) is 6.13. The molecule has 0 saturated carbocycles. The van der Waals surface area contributed by atoms with Crippen molar-refractivity contribution < 1.29 is 21.6 Å². The lowest BCUT2D eigenvalue weighted by Crippen LogP contribution is -2.06. The van der Waals surface area contributed by atoms with Crippen LogP contribution in [0.25, 0.3) is 0 Å². The molecule has 0 atom stereocenters. The Bertz CT molecular complexity index is 989. The highest BCUT2D eigenvalue weighted by Gasteiger charge is 2.29. The van der Waals surface area contributed by atoms with Crippen LogP contribution in [0.2, 0.25) is 0 Å². The quantitative estimate of drug-likeness (QED) is 0.476. The second-order valence-electron chi connectivity index (χ2n) is 6.06. The van der Waals surface area contributed by atoms with E-state index in [2.05, 4.69) is 5.32 Å². The zero-order valence-electron chi connectivity index (χ0n) is 15.0. The molecule has 0 aliphatic carbocycles. The van der Waals surface area contributed by atoms with Gasteiger partial charge >= 0.3 is 5.51 Å². The van der Waals surface area contributed by atoms with Gasteiger partial charge in [0.25, 0.3) is 0 Å². The van der Waals surface area contributed by atoms with Crippen molar-refractivity contribution in [3.8, 4) is 6.07 Å². The van der Waals surface area contributed by atoms with Crippen LogP contribution in [-0.2, 0) is 9.84 Å². The summed E-state index contributed by atoms with van der Waals surface area (Å²) in [6, 6.07) is 13.1. The summed E-state index contributed by atoms with van der Waals surface area (Å²) in [5.41, 5.74) is -3.07. The molecule has 2 rings (SSSR count). The van der Waals surface area contributed by atoms with E-state index in [4.69, 9.17) is 0 Å². The van der Waals surface area contributed by atoms with Gasteiger partial charge in [-0.15, -0.1) is 0 Å². The lowest BCUT2D eigenvalue weighted by molar-refractivity contribution is -0.0328. The number of allylic oxidation sites excluding steroid dienone is 1. The Morgan fingerprint density at radius 2 is 1.68 bits per heavy atom. The maximum atomic E-state index is 12.6. The number of nitrogens with one attached hydrogen (secondary N) is 1. The number of sulfone groups is 1. The first kappa shape index (κ1) is 21.9. The molecule has 0 saturated heterocycles. The highest BCUT2D eigenvalue weighted by molar-refractivity contribution is 8.00. The van der Waals surface area contributed by atoms with Gasteiger partial charge in [0.15, 0.2) is 4.91 Å². The zero-order chi connectivity index (χ0) is 20.9. The molecular formula is C19H17F3N2O2S2. The summed E-state index contributed by atoms with van der Waals surface area (Å²) in [5, 5.41) is 11.9. The SMILES string of the molecule is CC(C)c1ccc(S(=O)(=O)C(C#N)=CNc2ccc(SC(F)(F)F)cc2)cc1. The molecule has 2 aromatic carbocycles. The molecule has 28 heavy (non-hydrogen) atoms. The van der Waals surface area contributed by atoms with Crippen LogP contribution in [0.1, 0.15) is 25.3 Å². The molecule has 148 valence electrons. The summed E-state index contributed by atoms with van der Waals surface area (Å²) in [4.78, 5) is -0.512. The Balaban J connectivity index is 2.19. The second-order valence-corrected chi connectivity index (χ2v) is 9.12. The molecule has 0 radical (unpaired) electrons. The predicted molar refractivity (Wildman–Crippen MR) is 103 cm³/mol. The van der Waals surface area contributed by atoms with Gasteiger partial charge in [-0.25, -0.2) is 8.42 Å². The van der Waals surface area contributed by atoms with Gasteiger partial charge in [-0.3, -0.25) is 0 Å². The molecule has 0 fully saturated rings. The van der Waals surface area contributed by atoms with Gasteiger partial charge < -0.3 is 5.32 Å². The van der Waals surface area contributed by atoms with Crippen LogP contribution in [-0.4, -0.2) is 13.9 Å². The van der Waals surface area contributed by atoms with Gasteiger partial charge in [0.1, 0.15) is 6.07 Å². The smallest absolute Gasteiger partial charge is 0.360 e. The van der Waals surface area contributed by atoms with E-state index in [9.17, 15) is 26.9 Å². The Kier molecular flexibility index (Phi) is 6.80. The average Bonchev–Trinajstić information content (AvgIpc) is 2.62. The largest absolute Gasteiger partial charge is 0.446 e. The lowest BCUT2D eigenvalue weighted by atomic mass is 10.0. The zero-order valence-corrected chi connectivity index (χ0v) is 16.6. The van der Waals surface area contributed by atoms with Crippen molar-refractivity contribution in [3.05, 3.63) is 65.2 Å². The van der Waals surface area contributed by atoms with Crippen LogP contribution >= 0.6 is 11.8 Å². The van der Waals surface area contributed by atoms with Crippen molar-refractivity contribution in [1.29, 1.82) is 5.26 Å². The van der Waals surface area contributed by atoms with E-state index in [1.165, 1.54) is 36.4 Å². The first-order valence-electron chi connectivity index (χ1n) is 8.10. The highest BCUT2D eigenvalue weighted by atomic mass is 32.2. The summed E-state index contributed by atoms with van der Waals surface area (Å²) in [6.45, 7) is 3.96. The number of benzene rings is 2. The van der Waals surface area contributed by atoms with Crippen molar-refractivity contribution in [2.75, 3.05) is 5.32 Å². The summed E-state index contributed by atoms with van der Waals surface area (Å²) < 4.78 is 62.2. The molecular weight excluding hydrogens is 409 g/mol. The normalized spacial score (nSPS) is 12.7. The van der Waals surface area contributed by atoms with Crippen LogP contribution in [0.5, 0.6) is 0 Å². The van der Waals surface area contributed by atoms with Gasteiger partial charge in [-0.05, 0) is 59.6 Å². The van der Waals surface area contributed by atoms with E-state index in [1.54, 1.807) is 18.2 Å². The Labute approximate surface area is 166 Å². The van der Waals surface area contributed by atoms with Gasteiger partial charge in [0.2, 0.25) is 9.84 Å². The summed E-state index contributed by atoms with van der Waals surface area (Å²) in [7, 11) is -4.01. The number of hydrogen-bond acceptors (Lipinski definition) is 5. The average molecular weight is 426 g/mol. The lowest BCUT2D eigenvalue weighted by Gasteiger charge is -2.08. The van der Waals surface area contributed by atoms with Crippen LogP contribution in [0.15, 0.2) is 69.4 Å². The fourth-order valence-corrected chi connectivity index (χ4v) is 3.85. The van der Waals surface area contributed by atoms with Crippen molar-refractivity contribution in [2.45, 2.75) is 35.1 Å². The molecule has 0 aliphatic rings. The van der Waals surface area contributed by atoms with Crippen molar-refractivity contribution in [3.63, 3.8) is 0 Å². The molecule has 0 bridgehead atoms. The first-order chi connectivity index (χ1) is 13.0. The van der Waals surface area contributed by atoms with Gasteiger partial charge in [0.05, 0.1) is 4.90 Å². The van der Waals surface area contributed by atoms with Gasteiger partial charge in [0, 0.05) is 16.8 Å². The number of alkyl halides is 3. The standard InChI is InChI=1S/C19H17F3N2O2S2/c1-13(2)14-3-9-17(10-4-14)28(25,26)18(11-23)12-24-15-5-7-16(8-6-15)27-19(20,21)22/h3-10,12-13,24H,1-2H3. The first-order valence-corrected chi connectivity index (χ1v) is 10.4. The third kappa shape index (κ3) is 5.78. The Morgan fingerprint density at radius 3 is 2.14 bits per heavy atom. The second kappa shape index (κ2) is 8.71. The summed E-state index contributed by atoms with van der Waals surface area (Å²) >= 11 is -0.249. The van der Waals surface area contributed by atoms with Crippen molar-refractivity contribution >= 4 is 27.3 Å². The van der Waals surface area contributed by atoms with E-state index in [1.807, 2.05) is 13.8 Å². The van der Waals surface area contributed by atoms with E-state index >= 15 is 0 Å². The number of nitrogens with zero attached hydrogens (tertiary/aromatic N) is 1. The summed E-state index contributed by atoms with van der Waals surface area (Å²) in [5.74, 6) is 0.239. The number of halogens is 3. The fourth-order valence-electron chi connectivity index (χ4n) is 2.23. The molecule has 1 N–H and O–H groups in total. The highest BCUT2D eigenvalue weighted by Crippen LogP contribution is 2.37. The molecule has 0 heterocycles. The van der Waals surface area contributed by atoms with Crippen LogP contribution in [0.4, 0.5) is 18.9 Å². The maximum absolute atomic E-state index is 12.6. The molecule has 0 aromatic heterocycles. The van der Waals surface area contributed by atoms with Gasteiger partial charge in [-0.2, -0.15) is 18.4 Å². The topological polar surface area (TPSA) is 70.0 Å². The summed E-state index contributed by atoms with van der Waals surface area (Å²) in [6.07, 6.45) is 1.03. The molecule has 0 aliphatic heterocycles. The Hall–Kier alpha value is -2.44. The number of nitriles is 1. The molecule has 0 spiro atoms. The number of rotatable bonds is 6. The number of anilines is 1. The number of thioether (sulfide) groups is 1. The van der Waals surface area contributed by atoms with Crippen molar-refractivity contribution in [1.82, 2.24) is 0 Å². The van der Waals surface area contributed by atoms with Crippen molar-refractivity contribution in [2.24, 2.45) is 0 Å². The minimum Gasteiger partial charge on any atom is -0.360 e. The molecule has 4 nitrogen and oxygen atoms in total. The molecule has 0 unspecified atom stereocenters. The minimum atomic E-state index is -4.39. The van der Waals surface area contributed by atoms with Gasteiger partial charge in [-0.1, -0.05) is 26.0 Å².